The van der Waals surface area contributed by atoms with Crippen LogP contribution in [-0.2, 0) is 12.3 Å². The van der Waals surface area contributed by atoms with E-state index in [2.05, 4.69) is 117 Å². The smallest absolute Gasteiger partial charge is 0.412 e. The van der Waals surface area contributed by atoms with Crippen LogP contribution in [0.15, 0.2) is 121 Å². The first-order valence-corrected chi connectivity index (χ1v) is 20.1. The highest BCUT2D eigenvalue weighted by Crippen LogP contribution is 2.16. The van der Waals surface area contributed by atoms with Gasteiger partial charge < -0.3 is 12.3 Å². The third-order valence-corrected chi connectivity index (χ3v) is 18.9. The summed E-state index contributed by atoms with van der Waals surface area (Å²) in [7, 11) is -8.64. The van der Waals surface area contributed by atoms with Gasteiger partial charge in [0.05, 0.1) is 0 Å². The van der Waals surface area contributed by atoms with E-state index < -0.39 is 35.9 Å². The van der Waals surface area contributed by atoms with Crippen LogP contribution in [0, 0.1) is 0 Å². The third kappa shape index (κ3) is 6.19. The topological polar surface area (TPSA) is 27.7 Å². The van der Waals surface area contributed by atoms with Gasteiger partial charge in [-0.05, 0) is 35.2 Å². The summed E-state index contributed by atoms with van der Waals surface area (Å²) >= 11 is 0. The Kier molecular flexibility index (Phi) is 8.62. The highest BCUT2D eigenvalue weighted by Gasteiger charge is 2.47. The van der Waals surface area contributed by atoms with Gasteiger partial charge >= 0.3 is 13.1 Å². The van der Waals surface area contributed by atoms with E-state index in [0.717, 1.165) is 5.19 Å². The van der Waals surface area contributed by atoms with Gasteiger partial charge in [0, 0.05) is 5.19 Å². The second kappa shape index (κ2) is 11.9. The van der Waals surface area contributed by atoms with Crippen molar-refractivity contribution in [1.82, 2.24) is 0 Å². The molecule has 4 aromatic rings. The molecule has 4 aromatic carbocycles. The maximum absolute atomic E-state index is 7.10. The van der Waals surface area contributed by atoms with Crippen molar-refractivity contribution in [3.05, 3.63) is 121 Å². The van der Waals surface area contributed by atoms with E-state index in [1.54, 1.807) is 0 Å². The summed E-state index contributed by atoms with van der Waals surface area (Å²) in [5.41, 5.74) is 0. The highest BCUT2D eigenvalue weighted by atomic mass is 28.5. The molecule has 4 rings (SSSR count). The zero-order valence-electron chi connectivity index (χ0n) is 23.0. The molecular weight excluding hydrogens is 485 g/mol. The van der Waals surface area contributed by atoms with E-state index in [1.165, 1.54) is 15.6 Å². The predicted octanol–water partition coefficient (Wildman–Crippen LogP) is 3.00. The molecule has 0 aliphatic heterocycles. The molecule has 0 N–H and O–H groups in total. The number of hydrogen-bond donors (Lipinski definition) is 0. The Balaban J connectivity index is 0.00000228. The van der Waals surface area contributed by atoms with Crippen molar-refractivity contribution in [1.29, 1.82) is 0 Å². The van der Waals surface area contributed by atoms with Crippen molar-refractivity contribution >= 4 is 56.7 Å². The molecule has 0 aliphatic rings. The van der Waals surface area contributed by atoms with E-state index in [-0.39, 0.29) is 4.28 Å². The monoisotopic (exact) mass is 519 g/mol. The summed E-state index contributed by atoms with van der Waals surface area (Å²) in [5.74, 6) is 0. The van der Waals surface area contributed by atoms with Crippen LogP contribution in [0.4, 0.5) is 0 Å². The van der Waals surface area contributed by atoms with Gasteiger partial charge in [-0.2, -0.15) is 0 Å². The lowest BCUT2D eigenvalue weighted by Gasteiger charge is -2.37. The van der Waals surface area contributed by atoms with Crippen molar-refractivity contribution in [2.24, 2.45) is 0 Å². The molecule has 34 heavy (non-hydrogen) atoms. The summed E-state index contributed by atoms with van der Waals surface area (Å²) in [6.45, 7) is 6.70. The Morgan fingerprint density at radius 1 is 0.441 bits per heavy atom. The lowest BCUT2D eigenvalue weighted by Crippen LogP contribution is -2.66. The minimum absolute atomic E-state index is 0. The fraction of sp³-hybridized carbons (Fsp3) is 0.111. The maximum atomic E-state index is 7.10. The second-order valence-corrected chi connectivity index (χ2v) is 18.8. The SMILES string of the molecule is C[SiH](O[Si](O[SiH](C)c1ccccc1)(O[SiH](C)c1ccccc1)c1ccccc1)c1ccccc1.[H+].[H+].[H+]. The average Bonchev–Trinajstić information content (AvgIpc) is 2.90. The molecule has 0 bridgehead atoms. The zero-order chi connectivity index (χ0) is 23.8. The van der Waals surface area contributed by atoms with Crippen LogP contribution in [0.5, 0.6) is 0 Å². The Hall–Kier alpha value is -2.37. The van der Waals surface area contributed by atoms with Gasteiger partial charge in [-0.3, -0.25) is 0 Å². The lowest BCUT2D eigenvalue weighted by atomic mass is 10.4. The van der Waals surface area contributed by atoms with Crippen LogP contribution >= 0.6 is 0 Å². The lowest BCUT2D eigenvalue weighted by molar-refractivity contribution is 0.294. The van der Waals surface area contributed by atoms with Gasteiger partial charge in [0.2, 0.25) is 0 Å². The molecule has 3 atom stereocenters. The molecule has 0 radical (unpaired) electrons. The summed E-state index contributed by atoms with van der Waals surface area (Å²) < 4.78 is 21.3. The van der Waals surface area contributed by atoms with Gasteiger partial charge in [-0.15, -0.1) is 0 Å². The van der Waals surface area contributed by atoms with E-state index in [0.29, 0.717) is 0 Å². The number of hydrogen-bond acceptors (Lipinski definition) is 3. The molecule has 0 aliphatic carbocycles. The molecule has 3 nitrogen and oxygen atoms in total. The first kappa shape index (κ1) is 24.7. The largest absolute Gasteiger partial charge is 1.00 e. The maximum Gasteiger partial charge on any atom is 1.00 e. The first-order chi connectivity index (χ1) is 16.6. The standard InChI is InChI=1S/C27H32O3Si4/c1-31(24-16-8-4-9-17-24)28-34(27-22-14-7-15-23-27,29-32(2)25-18-10-5-11-19-25)30-33(3)26-20-12-6-13-21-26/h4-23,31-33H,1-3H3/p+3. The molecule has 174 valence electrons. The second-order valence-electron chi connectivity index (χ2n) is 8.43. The Labute approximate surface area is 214 Å². The minimum atomic E-state index is -3.22. The minimum Gasteiger partial charge on any atom is -0.412 e. The first-order valence-electron chi connectivity index (χ1n) is 11.8. The van der Waals surface area contributed by atoms with Gasteiger partial charge in [-0.25, -0.2) is 0 Å². The van der Waals surface area contributed by atoms with Crippen molar-refractivity contribution < 1.29 is 16.6 Å². The molecule has 0 spiro atoms. The summed E-state index contributed by atoms with van der Waals surface area (Å²) in [6, 6.07) is 42.0. The fourth-order valence-electron chi connectivity index (χ4n) is 4.00. The van der Waals surface area contributed by atoms with Crippen LogP contribution in [0.3, 0.4) is 0 Å². The van der Waals surface area contributed by atoms with E-state index in [1.807, 2.05) is 24.3 Å². The van der Waals surface area contributed by atoms with Crippen LogP contribution in [0.25, 0.3) is 0 Å². The molecule has 0 saturated carbocycles. The quantitative estimate of drug-likeness (QED) is 0.302. The predicted molar refractivity (Wildman–Crippen MR) is 156 cm³/mol. The fourth-order valence-corrected chi connectivity index (χ4v) is 17.9. The highest BCUT2D eigenvalue weighted by molar-refractivity contribution is 6.93. The molecule has 0 fully saturated rings. The van der Waals surface area contributed by atoms with E-state index in [4.69, 9.17) is 12.3 Å². The molecule has 3 unspecified atom stereocenters. The van der Waals surface area contributed by atoms with Crippen molar-refractivity contribution in [2.75, 3.05) is 0 Å². The molecule has 0 heterocycles. The molecular formula is C27H35O3Si4+3. The average molecular weight is 520 g/mol. The van der Waals surface area contributed by atoms with Gasteiger partial charge in [0.15, 0.2) is 27.1 Å². The van der Waals surface area contributed by atoms with Crippen LogP contribution in [0.2, 0.25) is 19.6 Å². The summed E-state index contributed by atoms with van der Waals surface area (Å²) in [6.07, 6.45) is 0. The van der Waals surface area contributed by atoms with Crippen LogP contribution < -0.4 is 20.7 Å². The van der Waals surface area contributed by atoms with E-state index in [9.17, 15) is 0 Å². The summed E-state index contributed by atoms with van der Waals surface area (Å²) in [5, 5.41) is 4.82. The molecule has 0 saturated heterocycles. The van der Waals surface area contributed by atoms with Crippen molar-refractivity contribution in [3.8, 4) is 0 Å². The summed E-state index contributed by atoms with van der Waals surface area (Å²) in [4.78, 5) is 0. The molecule has 0 amide bonds. The van der Waals surface area contributed by atoms with Crippen LogP contribution in [0.1, 0.15) is 4.28 Å². The molecule has 0 aromatic heterocycles. The van der Waals surface area contributed by atoms with Gasteiger partial charge in [0.25, 0.3) is 0 Å². The van der Waals surface area contributed by atoms with Gasteiger partial charge in [-0.1, -0.05) is 121 Å². The van der Waals surface area contributed by atoms with Crippen molar-refractivity contribution in [2.45, 2.75) is 19.6 Å². The van der Waals surface area contributed by atoms with Crippen LogP contribution in [-0.4, -0.2) is 35.9 Å². The Morgan fingerprint density at radius 3 is 1.00 bits per heavy atom. The number of rotatable bonds is 10. The van der Waals surface area contributed by atoms with Crippen molar-refractivity contribution in [3.63, 3.8) is 0 Å². The Bertz CT molecular complexity index is 1030. The van der Waals surface area contributed by atoms with E-state index >= 15 is 0 Å². The van der Waals surface area contributed by atoms with Gasteiger partial charge in [0.1, 0.15) is 0 Å². The zero-order valence-corrected chi connectivity index (χ0v) is 24.5. The molecule has 7 heteroatoms. The Morgan fingerprint density at radius 2 is 0.706 bits per heavy atom. The normalized spacial score (nSPS) is 15.7. The number of benzene rings is 4. The third-order valence-electron chi connectivity index (χ3n) is 5.93.